The topological polar surface area (TPSA) is 51.0 Å². The number of benzene rings is 1. The van der Waals surface area contributed by atoms with Gasteiger partial charge in [0.15, 0.2) is 0 Å². The average Bonchev–Trinajstić information content (AvgIpc) is 3.43. The van der Waals surface area contributed by atoms with Gasteiger partial charge in [0.25, 0.3) is 11.5 Å². The fourth-order valence-corrected chi connectivity index (χ4v) is 5.32. The Balaban J connectivity index is 1.69. The quantitative estimate of drug-likeness (QED) is 0.465. The number of amides is 1. The van der Waals surface area contributed by atoms with Crippen molar-refractivity contribution in [2.45, 2.75) is 32.5 Å². The summed E-state index contributed by atoms with van der Waals surface area (Å²) in [5.41, 5.74) is 2.48. The summed E-state index contributed by atoms with van der Waals surface area (Å²) in [5.74, 6) is -0.0505. The Bertz CT molecular complexity index is 1320. The Morgan fingerprint density at radius 1 is 1.16 bits per heavy atom. The molecular weight excluding hydrogens is 408 g/mol. The second kappa shape index (κ2) is 7.94. The van der Waals surface area contributed by atoms with E-state index in [2.05, 4.69) is 0 Å². The second-order valence-electron chi connectivity index (χ2n) is 8.23. The molecule has 0 saturated carbocycles. The van der Waals surface area contributed by atoms with Crippen molar-refractivity contribution >= 4 is 32.8 Å². The molecule has 4 aromatic rings. The maximum Gasteiger partial charge on any atom is 0.263 e. The Morgan fingerprint density at radius 2 is 1.97 bits per heavy atom. The summed E-state index contributed by atoms with van der Waals surface area (Å²) in [6.07, 6.45) is 2.79. The Morgan fingerprint density at radius 3 is 2.74 bits per heavy atom. The van der Waals surface area contributed by atoms with E-state index in [0.717, 1.165) is 22.1 Å². The van der Waals surface area contributed by atoms with Crippen LogP contribution >= 0.6 is 11.3 Å². The molecular formula is C25H24N2O3S. The van der Waals surface area contributed by atoms with Gasteiger partial charge in [0.2, 0.25) is 0 Å². The highest BCUT2D eigenvalue weighted by molar-refractivity contribution is 7.18. The van der Waals surface area contributed by atoms with Crippen LogP contribution in [0, 0.1) is 0 Å². The number of hydrogen-bond donors (Lipinski definition) is 0. The molecule has 1 saturated heterocycles. The van der Waals surface area contributed by atoms with E-state index in [1.54, 1.807) is 28.0 Å². The molecule has 6 heteroatoms. The predicted octanol–water partition coefficient (Wildman–Crippen LogP) is 4.82. The lowest BCUT2D eigenvalue weighted by molar-refractivity contribution is 0.0139. The van der Waals surface area contributed by atoms with Crippen molar-refractivity contribution in [1.82, 2.24) is 9.30 Å². The van der Waals surface area contributed by atoms with Gasteiger partial charge in [-0.1, -0.05) is 30.3 Å². The maximum atomic E-state index is 13.7. The van der Waals surface area contributed by atoms with E-state index >= 15 is 0 Å². The van der Waals surface area contributed by atoms with Crippen LogP contribution in [0.1, 0.15) is 30.6 Å². The number of fused-ring (bicyclic) bond motifs is 3. The van der Waals surface area contributed by atoms with Gasteiger partial charge in [0, 0.05) is 24.8 Å². The summed E-state index contributed by atoms with van der Waals surface area (Å²) in [5, 5.41) is 3.03. The number of rotatable bonds is 4. The molecule has 1 aliphatic heterocycles. The fourth-order valence-electron chi connectivity index (χ4n) is 4.37. The number of thiophene rings is 1. The van der Waals surface area contributed by atoms with Crippen LogP contribution in [0.2, 0.25) is 0 Å². The third kappa shape index (κ3) is 3.56. The van der Waals surface area contributed by atoms with E-state index in [4.69, 9.17) is 4.74 Å². The number of carbonyl (C=O) groups is 1. The lowest BCUT2D eigenvalue weighted by atomic mass is 10.0. The molecule has 0 N–H and O–H groups in total. The first kappa shape index (κ1) is 20.0. The number of likely N-dealkylation sites (tertiary alicyclic amines) is 1. The van der Waals surface area contributed by atoms with Crippen molar-refractivity contribution in [3.05, 3.63) is 76.0 Å². The first-order valence-electron chi connectivity index (χ1n) is 10.6. The average molecular weight is 433 g/mol. The molecule has 5 rings (SSSR count). The van der Waals surface area contributed by atoms with Crippen LogP contribution in [0.4, 0.5) is 0 Å². The van der Waals surface area contributed by atoms with Crippen molar-refractivity contribution < 1.29 is 9.53 Å². The van der Waals surface area contributed by atoms with Crippen LogP contribution in [0.25, 0.3) is 26.7 Å². The van der Waals surface area contributed by atoms with Gasteiger partial charge in [0.1, 0.15) is 0 Å². The van der Waals surface area contributed by atoms with E-state index in [1.165, 1.54) is 0 Å². The SMILES string of the molecule is CC(C)OC1CCN(C(=O)c2cc(-c3ccccc3)c(=O)n3ccc4ccsc4c23)C1. The van der Waals surface area contributed by atoms with Gasteiger partial charge in [-0.15, -0.1) is 11.3 Å². The minimum Gasteiger partial charge on any atom is -0.374 e. The highest BCUT2D eigenvalue weighted by Crippen LogP contribution is 2.30. The molecule has 0 radical (unpaired) electrons. The van der Waals surface area contributed by atoms with Gasteiger partial charge < -0.3 is 9.64 Å². The van der Waals surface area contributed by atoms with Crippen molar-refractivity contribution in [1.29, 1.82) is 0 Å². The summed E-state index contributed by atoms with van der Waals surface area (Å²) in [6, 6.07) is 15.3. The van der Waals surface area contributed by atoms with Crippen LogP contribution in [0.15, 0.2) is 64.9 Å². The van der Waals surface area contributed by atoms with E-state index in [1.807, 2.05) is 66.6 Å². The smallest absolute Gasteiger partial charge is 0.263 e. The number of pyridine rings is 2. The normalized spacial score (nSPS) is 16.6. The van der Waals surface area contributed by atoms with Gasteiger partial charge in [0.05, 0.1) is 28.0 Å². The molecule has 1 atom stereocenters. The molecule has 31 heavy (non-hydrogen) atoms. The predicted molar refractivity (Wildman–Crippen MR) is 125 cm³/mol. The molecule has 158 valence electrons. The molecule has 1 aromatic carbocycles. The number of aromatic nitrogens is 1. The number of hydrogen-bond acceptors (Lipinski definition) is 4. The van der Waals surface area contributed by atoms with Crippen LogP contribution in [0.5, 0.6) is 0 Å². The summed E-state index contributed by atoms with van der Waals surface area (Å²) >= 11 is 1.56. The first-order chi connectivity index (χ1) is 15.0. The molecule has 5 nitrogen and oxygen atoms in total. The number of carbonyl (C=O) groups excluding carboxylic acids is 1. The molecule has 1 fully saturated rings. The molecule has 1 unspecified atom stereocenters. The zero-order valence-electron chi connectivity index (χ0n) is 17.6. The second-order valence-corrected chi connectivity index (χ2v) is 9.15. The zero-order chi connectivity index (χ0) is 21.5. The summed E-state index contributed by atoms with van der Waals surface area (Å²) in [7, 11) is 0. The van der Waals surface area contributed by atoms with Crippen LogP contribution in [-0.4, -0.2) is 40.5 Å². The van der Waals surface area contributed by atoms with Crippen LogP contribution in [0.3, 0.4) is 0 Å². The lowest BCUT2D eigenvalue weighted by Gasteiger charge is -2.20. The van der Waals surface area contributed by atoms with Crippen LogP contribution < -0.4 is 5.56 Å². The maximum absolute atomic E-state index is 13.7. The zero-order valence-corrected chi connectivity index (χ0v) is 18.4. The van der Waals surface area contributed by atoms with Gasteiger partial charge >= 0.3 is 0 Å². The summed E-state index contributed by atoms with van der Waals surface area (Å²) in [6.45, 7) is 5.26. The van der Waals surface area contributed by atoms with Gasteiger partial charge in [-0.2, -0.15) is 0 Å². The van der Waals surface area contributed by atoms with E-state index in [0.29, 0.717) is 29.7 Å². The van der Waals surface area contributed by atoms with Crippen molar-refractivity contribution in [3.8, 4) is 11.1 Å². The molecule has 0 aliphatic carbocycles. The lowest BCUT2D eigenvalue weighted by Crippen LogP contribution is -2.32. The minimum absolute atomic E-state index is 0.0505. The van der Waals surface area contributed by atoms with Gasteiger partial charge in [-0.3, -0.25) is 14.0 Å². The minimum atomic E-state index is -0.115. The molecule has 1 amide bonds. The van der Waals surface area contributed by atoms with Crippen molar-refractivity contribution in [2.24, 2.45) is 0 Å². The first-order valence-corrected chi connectivity index (χ1v) is 11.5. The molecule has 1 aliphatic rings. The molecule has 0 spiro atoms. The van der Waals surface area contributed by atoms with Crippen molar-refractivity contribution in [2.75, 3.05) is 13.1 Å². The third-order valence-corrected chi connectivity index (χ3v) is 6.70. The van der Waals surface area contributed by atoms with E-state index < -0.39 is 0 Å². The third-order valence-electron chi connectivity index (χ3n) is 5.76. The summed E-state index contributed by atoms with van der Waals surface area (Å²) < 4.78 is 8.52. The Hall–Kier alpha value is -2.96. The number of ether oxygens (including phenoxy) is 1. The Labute approximate surface area is 184 Å². The number of nitrogens with zero attached hydrogens (tertiary/aromatic N) is 2. The van der Waals surface area contributed by atoms with E-state index in [-0.39, 0.29) is 23.7 Å². The van der Waals surface area contributed by atoms with Crippen LogP contribution in [-0.2, 0) is 4.74 Å². The fraction of sp³-hybridized carbons (Fsp3) is 0.280. The summed E-state index contributed by atoms with van der Waals surface area (Å²) in [4.78, 5) is 29.0. The molecule has 0 bridgehead atoms. The monoisotopic (exact) mass is 432 g/mol. The highest BCUT2D eigenvalue weighted by atomic mass is 32.1. The van der Waals surface area contributed by atoms with E-state index in [9.17, 15) is 9.59 Å². The van der Waals surface area contributed by atoms with Crippen molar-refractivity contribution in [3.63, 3.8) is 0 Å². The largest absolute Gasteiger partial charge is 0.374 e. The standard InChI is InChI=1S/C25H24N2O3S/c1-16(2)30-19-9-11-26(15-19)24(28)21-14-20(17-6-4-3-5-7-17)25(29)27-12-8-18-10-13-31-23(18)22(21)27/h3-8,10,12-14,16,19H,9,11,15H2,1-2H3. The molecule has 4 heterocycles. The Kier molecular flexibility index (Phi) is 5.12. The highest BCUT2D eigenvalue weighted by Gasteiger charge is 2.30. The van der Waals surface area contributed by atoms with Gasteiger partial charge in [-0.05, 0) is 54.8 Å². The molecule has 3 aromatic heterocycles. The van der Waals surface area contributed by atoms with Gasteiger partial charge in [-0.25, -0.2) is 0 Å².